The van der Waals surface area contributed by atoms with Crippen LogP contribution in [0, 0.1) is 0 Å². The fourth-order valence-corrected chi connectivity index (χ4v) is 3.53. The molecule has 1 saturated heterocycles. The molecule has 0 aromatic carbocycles. The van der Waals surface area contributed by atoms with E-state index in [0.717, 1.165) is 18.8 Å². The monoisotopic (exact) mass is 258 g/mol. The zero-order valence-electron chi connectivity index (χ0n) is 9.96. The average molecular weight is 258 g/mol. The Balaban J connectivity index is 2.02. The van der Waals surface area contributed by atoms with Crippen LogP contribution in [0.1, 0.15) is 19.2 Å². The number of aryl methyl sites for hydroxylation is 1. The van der Waals surface area contributed by atoms with Gasteiger partial charge >= 0.3 is 0 Å². The lowest BCUT2D eigenvalue weighted by atomic mass is 10.2. The van der Waals surface area contributed by atoms with Crippen LogP contribution in [0.4, 0.5) is 0 Å². The molecule has 6 nitrogen and oxygen atoms in total. The Morgan fingerprint density at radius 1 is 1.59 bits per heavy atom. The minimum absolute atomic E-state index is 0.0337. The molecule has 0 aliphatic carbocycles. The Morgan fingerprint density at radius 2 is 2.41 bits per heavy atom. The smallest absolute Gasteiger partial charge is 0.153 e. The molecule has 0 amide bonds. The summed E-state index contributed by atoms with van der Waals surface area (Å²) in [6.07, 6.45) is 3.34. The van der Waals surface area contributed by atoms with E-state index < -0.39 is 9.84 Å². The van der Waals surface area contributed by atoms with Gasteiger partial charge in [-0.3, -0.25) is 0 Å². The number of rotatable bonds is 4. The second-order valence-corrected chi connectivity index (χ2v) is 6.64. The van der Waals surface area contributed by atoms with Crippen molar-refractivity contribution in [2.45, 2.75) is 32.4 Å². The van der Waals surface area contributed by atoms with E-state index in [9.17, 15) is 8.42 Å². The first-order valence-electron chi connectivity index (χ1n) is 5.91. The van der Waals surface area contributed by atoms with E-state index in [1.54, 1.807) is 6.33 Å². The van der Waals surface area contributed by atoms with Crippen molar-refractivity contribution in [2.24, 2.45) is 0 Å². The number of nitrogens with one attached hydrogen (secondary N) is 1. The van der Waals surface area contributed by atoms with Gasteiger partial charge in [0.25, 0.3) is 0 Å². The number of aromatic nitrogens is 3. The molecule has 96 valence electrons. The van der Waals surface area contributed by atoms with Crippen molar-refractivity contribution >= 4 is 9.84 Å². The van der Waals surface area contributed by atoms with Gasteiger partial charge in [0, 0.05) is 25.6 Å². The maximum atomic E-state index is 11.5. The molecule has 1 unspecified atom stereocenters. The minimum Gasteiger partial charge on any atom is -0.318 e. The predicted molar refractivity (Wildman–Crippen MR) is 64.5 cm³/mol. The van der Waals surface area contributed by atoms with Crippen LogP contribution in [0.15, 0.2) is 6.33 Å². The van der Waals surface area contributed by atoms with E-state index in [1.165, 1.54) is 0 Å². The number of hydrogen-bond acceptors (Lipinski definition) is 5. The topological polar surface area (TPSA) is 76.9 Å². The zero-order chi connectivity index (χ0) is 12.3. The molecule has 0 radical (unpaired) electrons. The highest BCUT2D eigenvalue weighted by Gasteiger charge is 2.25. The molecular weight excluding hydrogens is 240 g/mol. The Kier molecular flexibility index (Phi) is 3.78. The summed E-state index contributed by atoms with van der Waals surface area (Å²) < 4.78 is 25.0. The van der Waals surface area contributed by atoms with E-state index >= 15 is 0 Å². The van der Waals surface area contributed by atoms with Crippen molar-refractivity contribution in [3.8, 4) is 0 Å². The molecule has 2 heterocycles. The molecule has 1 aliphatic rings. The number of nitrogens with zero attached hydrogens (tertiary/aromatic N) is 3. The summed E-state index contributed by atoms with van der Waals surface area (Å²) in [4.78, 5) is 0. The lowest BCUT2D eigenvalue weighted by Gasteiger charge is -2.23. The highest BCUT2D eigenvalue weighted by atomic mass is 32.2. The van der Waals surface area contributed by atoms with Gasteiger partial charge in [-0.05, 0) is 6.42 Å². The Morgan fingerprint density at radius 3 is 3.12 bits per heavy atom. The van der Waals surface area contributed by atoms with Crippen molar-refractivity contribution in [2.75, 3.05) is 18.1 Å². The normalized spacial score (nSPS) is 23.7. The summed E-state index contributed by atoms with van der Waals surface area (Å²) in [6, 6.07) is -0.0337. The third kappa shape index (κ3) is 3.26. The van der Waals surface area contributed by atoms with Gasteiger partial charge < -0.3 is 9.88 Å². The molecule has 2 rings (SSSR count). The van der Waals surface area contributed by atoms with Gasteiger partial charge in [0.05, 0.1) is 11.5 Å². The molecule has 1 aliphatic heterocycles. The van der Waals surface area contributed by atoms with E-state index in [1.807, 2.05) is 4.57 Å². The maximum Gasteiger partial charge on any atom is 0.153 e. The Bertz CT molecular complexity index is 468. The molecule has 0 bridgehead atoms. The third-order valence-electron chi connectivity index (χ3n) is 2.89. The highest BCUT2D eigenvalue weighted by Crippen LogP contribution is 2.07. The van der Waals surface area contributed by atoms with E-state index in [0.29, 0.717) is 13.0 Å². The number of hydrogen-bond donors (Lipinski definition) is 1. The molecule has 17 heavy (non-hydrogen) atoms. The lowest BCUT2D eigenvalue weighted by Crippen LogP contribution is -2.46. The molecule has 1 aromatic rings. The third-order valence-corrected chi connectivity index (χ3v) is 4.63. The predicted octanol–water partition coefficient (Wildman–Crippen LogP) is -0.383. The van der Waals surface area contributed by atoms with Gasteiger partial charge in [-0.2, -0.15) is 0 Å². The fraction of sp³-hybridized carbons (Fsp3) is 0.800. The van der Waals surface area contributed by atoms with Gasteiger partial charge in [0.2, 0.25) is 0 Å². The minimum atomic E-state index is -2.88. The quantitative estimate of drug-likeness (QED) is 0.796. The molecule has 1 N–H and O–H groups in total. The first-order chi connectivity index (χ1) is 8.11. The lowest BCUT2D eigenvalue weighted by molar-refractivity contribution is 0.497. The van der Waals surface area contributed by atoms with Gasteiger partial charge in [-0.15, -0.1) is 10.2 Å². The van der Waals surface area contributed by atoms with E-state index in [2.05, 4.69) is 22.4 Å². The first kappa shape index (κ1) is 12.5. The summed E-state index contributed by atoms with van der Waals surface area (Å²) in [5.41, 5.74) is 0. The molecule has 1 aromatic heterocycles. The summed E-state index contributed by atoms with van der Waals surface area (Å²) >= 11 is 0. The van der Waals surface area contributed by atoms with Crippen LogP contribution in [0.25, 0.3) is 0 Å². The van der Waals surface area contributed by atoms with Crippen molar-refractivity contribution in [1.29, 1.82) is 0 Å². The summed E-state index contributed by atoms with van der Waals surface area (Å²) in [6.45, 7) is 3.50. The van der Waals surface area contributed by atoms with Crippen LogP contribution < -0.4 is 5.32 Å². The Hall–Kier alpha value is -0.950. The summed E-state index contributed by atoms with van der Waals surface area (Å²) in [5.74, 6) is 1.30. The fourth-order valence-electron chi connectivity index (χ4n) is 2.08. The summed E-state index contributed by atoms with van der Waals surface area (Å²) in [7, 11) is -2.88. The number of sulfone groups is 1. The zero-order valence-corrected chi connectivity index (χ0v) is 10.8. The van der Waals surface area contributed by atoms with Crippen molar-refractivity contribution < 1.29 is 8.42 Å². The SMILES string of the molecule is CCCn1cnnc1CC1CS(=O)(=O)CCN1. The van der Waals surface area contributed by atoms with Crippen LogP contribution in [-0.4, -0.2) is 47.3 Å². The van der Waals surface area contributed by atoms with Crippen molar-refractivity contribution in [1.82, 2.24) is 20.1 Å². The second kappa shape index (κ2) is 5.14. The molecule has 0 spiro atoms. The molecule has 1 fully saturated rings. The van der Waals surface area contributed by atoms with Gasteiger partial charge in [0.1, 0.15) is 12.2 Å². The van der Waals surface area contributed by atoms with Crippen LogP contribution >= 0.6 is 0 Å². The van der Waals surface area contributed by atoms with Crippen molar-refractivity contribution in [3.63, 3.8) is 0 Å². The standard InChI is InChI=1S/C10H18N4O2S/c1-2-4-14-8-12-13-10(14)6-9-7-17(15,16)5-3-11-9/h8-9,11H,2-7H2,1H3. The molecule has 0 saturated carbocycles. The van der Waals surface area contributed by atoms with Gasteiger partial charge in [-0.1, -0.05) is 6.92 Å². The first-order valence-corrected chi connectivity index (χ1v) is 7.73. The highest BCUT2D eigenvalue weighted by molar-refractivity contribution is 7.91. The van der Waals surface area contributed by atoms with Crippen LogP contribution in [-0.2, 0) is 22.8 Å². The average Bonchev–Trinajstić information content (AvgIpc) is 2.65. The Labute approximate surface area is 101 Å². The second-order valence-electron chi connectivity index (χ2n) is 4.41. The van der Waals surface area contributed by atoms with Crippen LogP contribution in [0.3, 0.4) is 0 Å². The van der Waals surface area contributed by atoms with E-state index in [4.69, 9.17) is 0 Å². The van der Waals surface area contributed by atoms with Crippen LogP contribution in [0.5, 0.6) is 0 Å². The van der Waals surface area contributed by atoms with Gasteiger partial charge in [-0.25, -0.2) is 8.42 Å². The molecule has 7 heteroatoms. The molecule has 1 atom stereocenters. The molecular formula is C10H18N4O2S. The van der Waals surface area contributed by atoms with Crippen LogP contribution in [0.2, 0.25) is 0 Å². The summed E-state index contributed by atoms with van der Waals surface area (Å²) in [5, 5.41) is 11.2. The van der Waals surface area contributed by atoms with Gasteiger partial charge in [0.15, 0.2) is 9.84 Å². The largest absolute Gasteiger partial charge is 0.318 e. The maximum absolute atomic E-state index is 11.5. The van der Waals surface area contributed by atoms with E-state index in [-0.39, 0.29) is 17.5 Å². The van der Waals surface area contributed by atoms with Crippen molar-refractivity contribution in [3.05, 3.63) is 12.2 Å².